The van der Waals surface area contributed by atoms with Crippen molar-refractivity contribution in [1.82, 2.24) is 15.1 Å². The van der Waals surface area contributed by atoms with Gasteiger partial charge in [-0.25, -0.2) is 0 Å². The standard InChI is InChI=1S/C14H19N3OS/c1-5-17-12(6-7-15-17)10(3)16-14(18)13-8-9(2)11(4)19-13/h6-8,10H,5H2,1-4H3,(H,16,18)/t10-/m1/s1. The van der Waals surface area contributed by atoms with E-state index in [1.165, 1.54) is 21.8 Å². The molecule has 0 saturated heterocycles. The number of aromatic nitrogens is 2. The predicted octanol–water partition coefficient (Wildman–Crippen LogP) is 3.07. The van der Waals surface area contributed by atoms with Crippen LogP contribution in [-0.4, -0.2) is 15.7 Å². The molecule has 0 spiro atoms. The van der Waals surface area contributed by atoms with Crippen LogP contribution in [0.25, 0.3) is 0 Å². The minimum absolute atomic E-state index is 0.0162. The highest BCUT2D eigenvalue weighted by atomic mass is 32.1. The second kappa shape index (κ2) is 5.57. The zero-order chi connectivity index (χ0) is 14.0. The Balaban J connectivity index is 2.10. The quantitative estimate of drug-likeness (QED) is 0.933. The van der Waals surface area contributed by atoms with Crippen molar-refractivity contribution in [3.05, 3.63) is 39.3 Å². The highest BCUT2D eigenvalue weighted by Gasteiger charge is 2.16. The van der Waals surface area contributed by atoms with Crippen molar-refractivity contribution in [2.45, 2.75) is 40.3 Å². The number of amides is 1. The molecule has 0 aliphatic rings. The predicted molar refractivity (Wildman–Crippen MR) is 77.6 cm³/mol. The summed E-state index contributed by atoms with van der Waals surface area (Å²) in [5.41, 5.74) is 2.20. The molecule has 1 amide bonds. The third kappa shape index (κ3) is 2.87. The molecule has 0 radical (unpaired) electrons. The summed E-state index contributed by atoms with van der Waals surface area (Å²) in [7, 11) is 0. The molecule has 0 aliphatic carbocycles. The van der Waals surface area contributed by atoms with Gasteiger partial charge in [-0.05, 0) is 45.4 Å². The molecule has 0 aromatic carbocycles. The van der Waals surface area contributed by atoms with E-state index >= 15 is 0 Å². The fourth-order valence-corrected chi connectivity index (χ4v) is 2.94. The van der Waals surface area contributed by atoms with E-state index in [0.29, 0.717) is 0 Å². The molecule has 1 atom stereocenters. The lowest BCUT2D eigenvalue weighted by atomic mass is 10.2. The van der Waals surface area contributed by atoms with Crippen LogP contribution in [0.3, 0.4) is 0 Å². The third-order valence-electron chi connectivity index (χ3n) is 3.23. The Kier molecular flexibility index (Phi) is 4.04. The molecule has 0 saturated carbocycles. The fraction of sp³-hybridized carbons (Fsp3) is 0.429. The number of hydrogen-bond donors (Lipinski definition) is 1. The lowest BCUT2D eigenvalue weighted by Gasteiger charge is -2.14. The summed E-state index contributed by atoms with van der Waals surface area (Å²) < 4.78 is 1.90. The molecule has 0 bridgehead atoms. The van der Waals surface area contributed by atoms with Crippen molar-refractivity contribution in [3.8, 4) is 0 Å². The number of thiophene rings is 1. The smallest absolute Gasteiger partial charge is 0.261 e. The Labute approximate surface area is 117 Å². The van der Waals surface area contributed by atoms with E-state index in [1.54, 1.807) is 6.20 Å². The molecular formula is C14H19N3OS. The zero-order valence-corrected chi connectivity index (χ0v) is 12.5. The maximum Gasteiger partial charge on any atom is 0.261 e. The molecule has 2 rings (SSSR count). The van der Waals surface area contributed by atoms with Crippen molar-refractivity contribution in [2.75, 3.05) is 0 Å². The number of aryl methyl sites for hydroxylation is 3. The maximum absolute atomic E-state index is 12.2. The topological polar surface area (TPSA) is 46.9 Å². The van der Waals surface area contributed by atoms with Crippen LogP contribution in [0.15, 0.2) is 18.3 Å². The van der Waals surface area contributed by atoms with E-state index in [1.807, 2.05) is 44.5 Å². The summed E-state index contributed by atoms with van der Waals surface area (Å²) in [4.78, 5) is 14.1. The van der Waals surface area contributed by atoms with E-state index < -0.39 is 0 Å². The van der Waals surface area contributed by atoms with Gasteiger partial charge in [-0.15, -0.1) is 11.3 Å². The number of carbonyl (C=O) groups is 1. The van der Waals surface area contributed by atoms with E-state index in [-0.39, 0.29) is 11.9 Å². The monoisotopic (exact) mass is 277 g/mol. The second-order valence-corrected chi connectivity index (χ2v) is 5.87. The highest BCUT2D eigenvalue weighted by Crippen LogP contribution is 2.21. The van der Waals surface area contributed by atoms with Gasteiger partial charge in [-0.3, -0.25) is 9.48 Å². The fourth-order valence-electron chi connectivity index (χ4n) is 2.00. The van der Waals surface area contributed by atoms with Gasteiger partial charge >= 0.3 is 0 Å². The van der Waals surface area contributed by atoms with Crippen LogP contribution in [-0.2, 0) is 6.54 Å². The first-order chi connectivity index (χ1) is 9.02. The van der Waals surface area contributed by atoms with Gasteiger partial charge in [0.15, 0.2) is 0 Å². The Hall–Kier alpha value is -1.62. The minimum Gasteiger partial charge on any atom is -0.343 e. The summed E-state index contributed by atoms with van der Waals surface area (Å²) in [6.45, 7) is 8.88. The van der Waals surface area contributed by atoms with E-state index in [2.05, 4.69) is 10.4 Å². The summed E-state index contributed by atoms with van der Waals surface area (Å²) in [6.07, 6.45) is 1.76. The Morgan fingerprint density at radius 2 is 2.26 bits per heavy atom. The first kappa shape index (κ1) is 13.8. The van der Waals surface area contributed by atoms with Gasteiger partial charge in [0.25, 0.3) is 5.91 Å². The molecule has 0 unspecified atom stereocenters. The molecule has 2 aromatic rings. The van der Waals surface area contributed by atoms with Crippen molar-refractivity contribution in [3.63, 3.8) is 0 Å². The van der Waals surface area contributed by atoms with Gasteiger partial charge in [0.2, 0.25) is 0 Å². The molecule has 5 heteroatoms. The van der Waals surface area contributed by atoms with Crippen molar-refractivity contribution >= 4 is 17.2 Å². The summed E-state index contributed by atoms with van der Waals surface area (Å²) in [5.74, 6) is -0.0162. The van der Waals surface area contributed by atoms with Crippen molar-refractivity contribution in [1.29, 1.82) is 0 Å². The Bertz CT molecular complexity index is 566. The molecule has 2 heterocycles. The van der Waals surface area contributed by atoms with Crippen LogP contribution < -0.4 is 5.32 Å². The highest BCUT2D eigenvalue weighted by molar-refractivity contribution is 7.14. The number of nitrogens with one attached hydrogen (secondary N) is 1. The molecular weight excluding hydrogens is 258 g/mol. The van der Waals surface area contributed by atoms with Gasteiger partial charge in [0.1, 0.15) is 0 Å². The molecule has 0 aliphatic heterocycles. The minimum atomic E-state index is -0.0438. The average molecular weight is 277 g/mol. The van der Waals surface area contributed by atoms with Crippen LogP contribution in [0.1, 0.15) is 45.7 Å². The third-order valence-corrected chi connectivity index (χ3v) is 4.38. The first-order valence-electron chi connectivity index (χ1n) is 6.42. The van der Waals surface area contributed by atoms with Crippen LogP contribution in [0.5, 0.6) is 0 Å². The number of carbonyl (C=O) groups excluding carboxylic acids is 1. The number of nitrogens with zero attached hydrogens (tertiary/aromatic N) is 2. The van der Waals surface area contributed by atoms with Crippen LogP contribution >= 0.6 is 11.3 Å². The van der Waals surface area contributed by atoms with Crippen LogP contribution in [0, 0.1) is 13.8 Å². The SMILES string of the molecule is CCn1nccc1[C@@H](C)NC(=O)c1cc(C)c(C)s1. The maximum atomic E-state index is 12.2. The van der Waals surface area contributed by atoms with Crippen molar-refractivity contribution < 1.29 is 4.79 Å². The van der Waals surface area contributed by atoms with E-state index in [4.69, 9.17) is 0 Å². The largest absolute Gasteiger partial charge is 0.343 e. The molecule has 1 N–H and O–H groups in total. The number of hydrogen-bond acceptors (Lipinski definition) is 3. The van der Waals surface area contributed by atoms with Gasteiger partial charge in [0, 0.05) is 17.6 Å². The molecule has 2 aromatic heterocycles. The van der Waals surface area contributed by atoms with Gasteiger partial charge in [0.05, 0.1) is 16.6 Å². The summed E-state index contributed by atoms with van der Waals surface area (Å²) in [6, 6.07) is 3.84. The van der Waals surface area contributed by atoms with E-state index in [0.717, 1.165) is 17.1 Å². The van der Waals surface area contributed by atoms with E-state index in [9.17, 15) is 4.79 Å². The zero-order valence-electron chi connectivity index (χ0n) is 11.7. The molecule has 19 heavy (non-hydrogen) atoms. The molecule has 102 valence electrons. The Morgan fingerprint density at radius 3 is 2.84 bits per heavy atom. The van der Waals surface area contributed by atoms with Crippen LogP contribution in [0.4, 0.5) is 0 Å². The normalized spacial score (nSPS) is 12.4. The molecule has 0 fully saturated rings. The van der Waals surface area contributed by atoms with Gasteiger partial charge < -0.3 is 5.32 Å². The second-order valence-electron chi connectivity index (χ2n) is 4.62. The lowest BCUT2D eigenvalue weighted by molar-refractivity contribution is 0.0942. The Morgan fingerprint density at radius 1 is 1.53 bits per heavy atom. The molecule has 4 nitrogen and oxygen atoms in total. The lowest BCUT2D eigenvalue weighted by Crippen LogP contribution is -2.27. The average Bonchev–Trinajstić information content (AvgIpc) is 2.96. The summed E-state index contributed by atoms with van der Waals surface area (Å²) >= 11 is 1.54. The first-order valence-corrected chi connectivity index (χ1v) is 7.24. The van der Waals surface area contributed by atoms with Crippen LogP contribution in [0.2, 0.25) is 0 Å². The summed E-state index contributed by atoms with van der Waals surface area (Å²) in [5, 5.41) is 7.25. The number of rotatable bonds is 4. The van der Waals surface area contributed by atoms with Gasteiger partial charge in [-0.2, -0.15) is 5.10 Å². The van der Waals surface area contributed by atoms with Gasteiger partial charge in [-0.1, -0.05) is 0 Å². The van der Waals surface area contributed by atoms with Crippen molar-refractivity contribution in [2.24, 2.45) is 0 Å².